The lowest BCUT2D eigenvalue weighted by Crippen LogP contribution is -2.39. The molecule has 1 heterocycles. The van der Waals surface area contributed by atoms with Gasteiger partial charge in [0.2, 0.25) is 0 Å². The van der Waals surface area contributed by atoms with Gasteiger partial charge in [0.1, 0.15) is 0 Å². The van der Waals surface area contributed by atoms with Crippen LogP contribution in [0.15, 0.2) is 10.9 Å². The number of likely N-dealkylation sites (N-methyl/N-ethyl adjacent to an activating group) is 1. The largest absolute Gasteiger partial charge is 0.511 e. The van der Waals surface area contributed by atoms with E-state index in [1.807, 2.05) is 0 Å². The van der Waals surface area contributed by atoms with Crippen molar-refractivity contribution in [2.75, 3.05) is 13.6 Å². The Balaban J connectivity index is 2.63. The van der Waals surface area contributed by atoms with Crippen LogP contribution in [0.25, 0.3) is 0 Å². The Morgan fingerprint density at radius 1 is 1.50 bits per heavy atom. The van der Waals surface area contributed by atoms with Crippen LogP contribution in [-0.2, 0) is 16.4 Å². The first-order chi connectivity index (χ1) is 7.25. The summed E-state index contributed by atoms with van der Waals surface area (Å²) in [6, 6.07) is 0. The molecular formula is C7H9F3N2O2S2. The predicted octanol–water partition coefficient (Wildman–Crippen LogP) is 1.47. The van der Waals surface area contributed by atoms with E-state index in [0.717, 1.165) is 7.05 Å². The number of aromatic nitrogens is 1. The van der Waals surface area contributed by atoms with E-state index in [0.29, 0.717) is 5.69 Å². The molecule has 0 N–H and O–H groups in total. The lowest BCUT2D eigenvalue weighted by Gasteiger charge is -2.17. The minimum Gasteiger partial charge on any atom is -0.250 e. The van der Waals surface area contributed by atoms with Gasteiger partial charge in [-0.2, -0.15) is 17.5 Å². The molecule has 92 valence electrons. The van der Waals surface area contributed by atoms with Gasteiger partial charge in [-0.05, 0) is 0 Å². The van der Waals surface area contributed by atoms with Gasteiger partial charge in [-0.25, -0.2) is 13.4 Å². The number of nitrogens with zero attached hydrogens (tertiary/aromatic N) is 2. The van der Waals surface area contributed by atoms with Crippen LogP contribution in [0.5, 0.6) is 0 Å². The van der Waals surface area contributed by atoms with Gasteiger partial charge in [0, 0.05) is 25.4 Å². The van der Waals surface area contributed by atoms with Crippen molar-refractivity contribution in [3.05, 3.63) is 16.6 Å². The van der Waals surface area contributed by atoms with Crippen LogP contribution in [0.3, 0.4) is 0 Å². The average molecular weight is 274 g/mol. The molecular weight excluding hydrogens is 265 g/mol. The van der Waals surface area contributed by atoms with Crippen molar-refractivity contribution < 1.29 is 21.6 Å². The van der Waals surface area contributed by atoms with Crippen LogP contribution in [0.1, 0.15) is 5.69 Å². The van der Waals surface area contributed by atoms with Crippen molar-refractivity contribution in [1.82, 2.24) is 9.29 Å². The van der Waals surface area contributed by atoms with E-state index < -0.39 is 15.5 Å². The number of rotatable bonds is 4. The molecule has 0 unspecified atom stereocenters. The fraction of sp³-hybridized carbons (Fsp3) is 0.571. The molecule has 0 spiro atoms. The zero-order chi connectivity index (χ0) is 12.4. The number of thiazole rings is 1. The maximum Gasteiger partial charge on any atom is 0.511 e. The van der Waals surface area contributed by atoms with Crippen LogP contribution >= 0.6 is 11.3 Å². The molecule has 9 heteroatoms. The summed E-state index contributed by atoms with van der Waals surface area (Å²) in [5.41, 5.74) is -3.13. The second kappa shape index (κ2) is 4.68. The number of hydrogen-bond donors (Lipinski definition) is 0. The topological polar surface area (TPSA) is 50.3 Å². The number of alkyl halides is 3. The molecule has 0 atom stereocenters. The van der Waals surface area contributed by atoms with Gasteiger partial charge in [-0.1, -0.05) is 0 Å². The third-order valence-electron chi connectivity index (χ3n) is 1.87. The molecule has 0 saturated heterocycles. The SMILES string of the molecule is CN(CCc1cscn1)S(=O)(=O)C(F)(F)F. The molecule has 0 aliphatic rings. The fourth-order valence-corrected chi connectivity index (χ4v) is 2.21. The van der Waals surface area contributed by atoms with Crippen LogP contribution in [0.4, 0.5) is 13.2 Å². The standard InChI is InChI=1S/C7H9F3N2O2S2/c1-12(16(13,14)7(8,9)10)3-2-6-4-15-5-11-6/h4-5H,2-3H2,1H3. The Hall–Kier alpha value is -0.670. The molecule has 0 radical (unpaired) electrons. The Bertz CT molecular complexity index is 427. The van der Waals surface area contributed by atoms with Crippen molar-refractivity contribution in [2.45, 2.75) is 11.9 Å². The molecule has 0 bridgehead atoms. The summed E-state index contributed by atoms with van der Waals surface area (Å²) in [5.74, 6) is 0. The second-order valence-corrected chi connectivity index (χ2v) is 5.76. The number of hydrogen-bond acceptors (Lipinski definition) is 4. The van der Waals surface area contributed by atoms with Gasteiger partial charge in [-0.3, -0.25) is 0 Å². The summed E-state index contributed by atoms with van der Waals surface area (Å²) < 4.78 is 58.4. The normalized spacial score (nSPS) is 13.3. The smallest absolute Gasteiger partial charge is 0.250 e. The monoisotopic (exact) mass is 274 g/mol. The Kier molecular flexibility index (Phi) is 3.92. The first-order valence-electron chi connectivity index (χ1n) is 4.15. The van der Waals surface area contributed by atoms with E-state index >= 15 is 0 Å². The molecule has 1 aromatic rings. The third-order valence-corrected chi connectivity index (χ3v) is 4.09. The fourth-order valence-electron chi connectivity index (χ4n) is 0.930. The van der Waals surface area contributed by atoms with Crippen molar-refractivity contribution in [1.29, 1.82) is 0 Å². The van der Waals surface area contributed by atoms with Crippen molar-refractivity contribution >= 4 is 21.4 Å². The zero-order valence-corrected chi connectivity index (χ0v) is 9.86. The highest BCUT2D eigenvalue weighted by molar-refractivity contribution is 7.89. The summed E-state index contributed by atoms with van der Waals surface area (Å²) >= 11 is 1.30. The molecule has 0 amide bonds. The van der Waals surface area contributed by atoms with E-state index in [-0.39, 0.29) is 17.3 Å². The summed E-state index contributed by atoms with van der Waals surface area (Å²) in [4.78, 5) is 3.85. The average Bonchev–Trinajstić information content (AvgIpc) is 2.64. The Morgan fingerprint density at radius 2 is 2.12 bits per heavy atom. The van der Waals surface area contributed by atoms with Crippen LogP contribution in [0.2, 0.25) is 0 Å². The van der Waals surface area contributed by atoms with E-state index in [1.165, 1.54) is 16.8 Å². The van der Waals surface area contributed by atoms with Crippen LogP contribution < -0.4 is 0 Å². The highest BCUT2D eigenvalue weighted by atomic mass is 32.2. The molecule has 1 rings (SSSR count). The van der Waals surface area contributed by atoms with Crippen molar-refractivity contribution in [3.63, 3.8) is 0 Å². The first-order valence-corrected chi connectivity index (χ1v) is 6.53. The van der Waals surface area contributed by atoms with E-state index in [2.05, 4.69) is 4.98 Å². The van der Waals surface area contributed by atoms with Gasteiger partial charge in [-0.15, -0.1) is 11.3 Å². The van der Waals surface area contributed by atoms with Gasteiger partial charge in [0.05, 0.1) is 11.2 Å². The van der Waals surface area contributed by atoms with E-state index in [4.69, 9.17) is 0 Å². The van der Waals surface area contributed by atoms with E-state index in [1.54, 1.807) is 5.38 Å². The lowest BCUT2D eigenvalue weighted by atomic mass is 10.3. The molecule has 0 aromatic carbocycles. The molecule has 0 saturated carbocycles. The highest BCUT2D eigenvalue weighted by Gasteiger charge is 2.48. The number of halogens is 3. The molecule has 0 fully saturated rings. The van der Waals surface area contributed by atoms with Gasteiger partial charge in [0.15, 0.2) is 0 Å². The van der Waals surface area contributed by atoms with Crippen LogP contribution in [0, 0.1) is 0 Å². The Morgan fingerprint density at radius 3 is 2.56 bits per heavy atom. The summed E-state index contributed by atoms with van der Waals surface area (Å²) in [7, 11) is -4.32. The maximum atomic E-state index is 12.1. The Labute approximate surface area is 94.8 Å². The summed E-state index contributed by atoms with van der Waals surface area (Å²) in [6.45, 7) is -0.244. The van der Waals surface area contributed by atoms with Gasteiger partial charge < -0.3 is 0 Å². The zero-order valence-electron chi connectivity index (χ0n) is 8.23. The van der Waals surface area contributed by atoms with E-state index in [9.17, 15) is 21.6 Å². The molecule has 16 heavy (non-hydrogen) atoms. The molecule has 4 nitrogen and oxygen atoms in total. The van der Waals surface area contributed by atoms with Crippen molar-refractivity contribution in [2.24, 2.45) is 0 Å². The maximum absolute atomic E-state index is 12.1. The minimum absolute atomic E-state index is 0.162. The minimum atomic E-state index is -5.25. The summed E-state index contributed by atoms with van der Waals surface area (Å²) in [6.07, 6.45) is 0.162. The van der Waals surface area contributed by atoms with Crippen molar-refractivity contribution in [3.8, 4) is 0 Å². The third kappa shape index (κ3) is 2.92. The highest BCUT2D eigenvalue weighted by Crippen LogP contribution is 2.25. The van der Waals surface area contributed by atoms with Crippen LogP contribution in [-0.4, -0.2) is 36.8 Å². The summed E-state index contributed by atoms with van der Waals surface area (Å²) in [5, 5.41) is 1.66. The number of sulfonamides is 1. The van der Waals surface area contributed by atoms with Gasteiger partial charge >= 0.3 is 15.5 Å². The lowest BCUT2D eigenvalue weighted by molar-refractivity contribution is -0.0482. The second-order valence-electron chi connectivity index (χ2n) is 3.00. The van der Waals surface area contributed by atoms with Gasteiger partial charge in [0.25, 0.3) is 0 Å². The molecule has 0 aliphatic carbocycles. The quantitative estimate of drug-likeness (QED) is 0.835. The predicted molar refractivity (Wildman–Crippen MR) is 53.4 cm³/mol. The molecule has 0 aliphatic heterocycles. The first kappa shape index (κ1) is 13.4. The molecule has 1 aromatic heterocycles.